The van der Waals surface area contributed by atoms with Crippen molar-refractivity contribution in [2.75, 3.05) is 32.7 Å². The third-order valence-electron chi connectivity index (χ3n) is 7.81. The largest absolute Gasteiger partial charge is 0.416 e. The van der Waals surface area contributed by atoms with Crippen molar-refractivity contribution in [3.63, 3.8) is 0 Å². The molecule has 0 saturated carbocycles. The Bertz CT molecular complexity index is 1060. The number of piperazine rings is 1. The fraction of sp³-hybridized carbons (Fsp3) is 0.600. The molecule has 1 amide bonds. The highest BCUT2D eigenvalue weighted by atomic mass is 19.4. The summed E-state index contributed by atoms with van der Waals surface area (Å²) in [4.78, 5) is 20.5. The lowest BCUT2D eigenvalue weighted by Crippen LogP contribution is -2.61. The van der Waals surface area contributed by atoms with Crippen LogP contribution in [0.4, 0.5) is 13.2 Å². The molecule has 2 saturated heterocycles. The second-order valence-electron chi connectivity index (χ2n) is 10.2. The number of aryl methyl sites for hydroxylation is 1. The maximum Gasteiger partial charge on any atom is 0.416 e. The maximum absolute atomic E-state index is 13.1. The predicted octanol–water partition coefficient (Wildman–Crippen LogP) is 3.96. The fourth-order valence-corrected chi connectivity index (χ4v) is 5.36. The number of rotatable bonds is 4. The highest BCUT2D eigenvalue weighted by molar-refractivity contribution is 5.96. The van der Waals surface area contributed by atoms with Gasteiger partial charge in [-0.2, -0.15) is 13.2 Å². The third-order valence-corrected chi connectivity index (χ3v) is 7.81. The van der Waals surface area contributed by atoms with Crippen LogP contribution >= 0.6 is 0 Å². The SMILES string of the molecule is Cc1nn(O)c(C)c1C(=O)N1CCC(C)(N2CCN(Cc3ccc(C(F)(F)F)cc3)[C@@H](C)C2)CC1. The average Bonchev–Trinajstić information content (AvgIpc) is 3.06. The Morgan fingerprint density at radius 2 is 1.74 bits per heavy atom. The summed E-state index contributed by atoms with van der Waals surface area (Å²) >= 11 is 0. The number of benzene rings is 1. The van der Waals surface area contributed by atoms with E-state index >= 15 is 0 Å². The molecule has 0 unspecified atom stereocenters. The van der Waals surface area contributed by atoms with E-state index in [0.29, 0.717) is 36.6 Å². The molecule has 1 atom stereocenters. The van der Waals surface area contributed by atoms with Crippen molar-refractivity contribution in [3.05, 3.63) is 52.3 Å². The van der Waals surface area contributed by atoms with Crippen LogP contribution in [0.2, 0.25) is 0 Å². The quantitative estimate of drug-likeness (QED) is 0.654. The average molecular weight is 494 g/mol. The van der Waals surface area contributed by atoms with Gasteiger partial charge in [0.2, 0.25) is 0 Å². The normalized spacial score (nSPS) is 21.9. The molecule has 0 aliphatic carbocycles. The lowest BCUT2D eigenvalue weighted by Gasteiger charge is -2.51. The lowest BCUT2D eigenvalue weighted by molar-refractivity contribution is -0.137. The molecular weight excluding hydrogens is 459 g/mol. The molecule has 2 aliphatic heterocycles. The van der Waals surface area contributed by atoms with Gasteiger partial charge in [0.05, 0.1) is 22.5 Å². The molecule has 1 aromatic carbocycles. The Kier molecular flexibility index (Phi) is 6.89. The van der Waals surface area contributed by atoms with E-state index in [9.17, 15) is 23.2 Å². The van der Waals surface area contributed by atoms with Crippen LogP contribution < -0.4 is 0 Å². The van der Waals surface area contributed by atoms with Crippen molar-refractivity contribution in [2.24, 2.45) is 0 Å². The molecule has 1 aromatic heterocycles. The zero-order valence-corrected chi connectivity index (χ0v) is 20.8. The number of carbonyl (C=O) groups excluding carboxylic acids is 1. The number of alkyl halides is 3. The summed E-state index contributed by atoms with van der Waals surface area (Å²) in [6.07, 6.45) is -2.60. The first-order valence-corrected chi connectivity index (χ1v) is 12.1. The fourth-order valence-electron chi connectivity index (χ4n) is 5.36. The predicted molar refractivity (Wildman–Crippen MR) is 125 cm³/mol. The Labute approximate surface area is 204 Å². The number of hydrogen-bond donors (Lipinski definition) is 1. The first kappa shape index (κ1) is 25.5. The zero-order valence-electron chi connectivity index (χ0n) is 20.8. The molecular formula is C25H34F3N5O2. The van der Waals surface area contributed by atoms with Gasteiger partial charge in [-0.25, -0.2) is 0 Å². The van der Waals surface area contributed by atoms with E-state index in [0.717, 1.165) is 55.0 Å². The second kappa shape index (κ2) is 9.46. The third kappa shape index (κ3) is 5.18. The van der Waals surface area contributed by atoms with Gasteiger partial charge >= 0.3 is 6.18 Å². The minimum atomic E-state index is -4.31. The van der Waals surface area contributed by atoms with Crippen LogP contribution in [0.3, 0.4) is 0 Å². The first-order valence-electron chi connectivity index (χ1n) is 12.1. The number of amides is 1. The van der Waals surface area contributed by atoms with Gasteiger partial charge < -0.3 is 10.1 Å². The molecule has 0 bridgehead atoms. The molecule has 7 nitrogen and oxygen atoms in total. The minimum absolute atomic E-state index is 0.0171. The van der Waals surface area contributed by atoms with Crippen LogP contribution in [-0.2, 0) is 12.7 Å². The molecule has 2 aliphatic rings. The van der Waals surface area contributed by atoms with Gasteiger partial charge in [0, 0.05) is 50.8 Å². The van der Waals surface area contributed by atoms with Crippen molar-refractivity contribution in [2.45, 2.75) is 64.8 Å². The molecule has 192 valence electrons. The summed E-state index contributed by atoms with van der Waals surface area (Å²) in [5, 5.41) is 13.7. The van der Waals surface area contributed by atoms with Gasteiger partial charge in [-0.05, 0) is 58.2 Å². The molecule has 3 heterocycles. The van der Waals surface area contributed by atoms with Crippen molar-refractivity contribution < 1.29 is 23.2 Å². The van der Waals surface area contributed by atoms with E-state index in [4.69, 9.17) is 0 Å². The molecule has 0 spiro atoms. The van der Waals surface area contributed by atoms with Gasteiger partial charge in [0.1, 0.15) is 0 Å². The lowest BCUT2D eigenvalue weighted by atomic mass is 9.86. The van der Waals surface area contributed by atoms with Gasteiger partial charge in [0.15, 0.2) is 0 Å². The molecule has 4 rings (SSSR count). The van der Waals surface area contributed by atoms with E-state index in [-0.39, 0.29) is 17.5 Å². The highest BCUT2D eigenvalue weighted by Crippen LogP contribution is 2.33. The second-order valence-corrected chi connectivity index (χ2v) is 10.2. The van der Waals surface area contributed by atoms with Gasteiger partial charge in [-0.3, -0.25) is 14.6 Å². The van der Waals surface area contributed by atoms with Crippen molar-refractivity contribution in [1.82, 2.24) is 24.6 Å². The zero-order chi connectivity index (χ0) is 25.5. The van der Waals surface area contributed by atoms with Gasteiger partial charge in [-0.1, -0.05) is 12.1 Å². The number of carbonyl (C=O) groups is 1. The summed E-state index contributed by atoms with van der Waals surface area (Å²) in [5.41, 5.74) is 1.71. The number of piperidine rings is 1. The topological polar surface area (TPSA) is 64.8 Å². The first-order chi connectivity index (χ1) is 16.4. The van der Waals surface area contributed by atoms with Crippen LogP contribution in [0.5, 0.6) is 0 Å². The van der Waals surface area contributed by atoms with E-state index in [1.807, 2.05) is 4.90 Å². The number of hydrogen-bond acceptors (Lipinski definition) is 5. The minimum Gasteiger partial charge on any atom is -0.411 e. The standard InChI is InChI=1S/C25H34F3N5O2/c1-17-15-32(14-13-31(17)16-20-5-7-21(8-6-20)25(26,27)28)24(4)9-11-30(12-10-24)23(34)22-18(2)29-33(35)19(22)3/h5-8,17,35H,9-16H2,1-4H3/t17-/m0/s1. The Hall–Kier alpha value is -2.59. The summed E-state index contributed by atoms with van der Waals surface area (Å²) in [6, 6.07) is 5.71. The summed E-state index contributed by atoms with van der Waals surface area (Å²) < 4.78 is 38.5. The van der Waals surface area contributed by atoms with E-state index in [1.54, 1.807) is 26.0 Å². The molecule has 10 heteroatoms. The monoisotopic (exact) mass is 493 g/mol. The molecule has 2 aromatic rings. The maximum atomic E-state index is 13.1. The van der Waals surface area contributed by atoms with Crippen molar-refractivity contribution in [3.8, 4) is 0 Å². The Morgan fingerprint density at radius 1 is 1.11 bits per heavy atom. The smallest absolute Gasteiger partial charge is 0.411 e. The number of halogens is 3. The summed E-state index contributed by atoms with van der Waals surface area (Å²) in [7, 11) is 0. The molecule has 0 radical (unpaired) electrons. The van der Waals surface area contributed by atoms with Crippen molar-refractivity contribution >= 4 is 5.91 Å². The van der Waals surface area contributed by atoms with Gasteiger partial charge in [-0.15, -0.1) is 9.94 Å². The van der Waals surface area contributed by atoms with E-state index < -0.39 is 11.7 Å². The van der Waals surface area contributed by atoms with Crippen LogP contribution in [0.1, 0.15) is 59.6 Å². The summed E-state index contributed by atoms with van der Waals surface area (Å²) in [6.45, 7) is 12.4. The highest BCUT2D eigenvalue weighted by Gasteiger charge is 2.40. The van der Waals surface area contributed by atoms with Gasteiger partial charge in [0.25, 0.3) is 5.91 Å². The van der Waals surface area contributed by atoms with Crippen LogP contribution in [0.15, 0.2) is 24.3 Å². The number of aromatic nitrogens is 2. The number of nitrogens with zero attached hydrogens (tertiary/aromatic N) is 5. The molecule has 1 N–H and O–H groups in total. The summed E-state index contributed by atoms with van der Waals surface area (Å²) in [5.74, 6) is -0.0860. The van der Waals surface area contributed by atoms with E-state index in [2.05, 4.69) is 28.7 Å². The van der Waals surface area contributed by atoms with Crippen molar-refractivity contribution in [1.29, 1.82) is 0 Å². The van der Waals surface area contributed by atoms with E-state index in [1.165, 1.54) is 0 Å². The Balaban J connectivity index is 1.33. The molecule has 2 fully saturated rings. The van der Waals surface area contributed by atoms with Crippen LogP contribution in [0, 0.1) is 13.8 Å². The Morgan fingerprint density at radius 3 is 2.26 bits per heavy atom. The molecule has 35 heavy (non-hydrogen) atoms. The van der Waals surface area contributed by atoms with Crippen LogP contribution in [0.25, 0.3) is 0 Å². The number of likely N-dealkylation sites (tertiary alicyclic amines) is 1. The van der Waals surface area contributed by atoms with Crippen LogP contribution in [-0.4, -0.2) is 80.1 Å².